The Morgan fingerprint density at radius 2 is 1.09 bits per heavy atom. The van der Waals surface area contributed by atoms with Gasteiger partial charge in [0.2, 0.25) is 0 Å². The van der Waals surface area contributed by atoms with Crippen molar-refractivity contribution in [1.29, 1.82) is 0 Å². The molecule has 0 bridgehead atoms. The highest BCUT2D eigenvalue weighted by Crippen LogP contribution is 2.40. The van der Waals surface area contributed by atoms with Gasteiger partial charge in [-0.2, -0.15) is 0 Å². The SMILES string of the molecule is C#C.CC.CC.O=C(O)CO.c1ccc(C(c2ccccc2)(c2ccccc2)n2ccnc2)cc1. The van der Waals surface area contributed by atoms with Gasteiger partial charge in [0, 0.05) is 12.4 Å². The highest BCUT2D eigenvalue weighted by molar-refractivity contribution is 5.67. The molecule has 0 saturated heterocycles. The summed E-state index contributed by atoms with van der Waals surface area (Å²) in [7, 11) is 0. The molecule has 35 heavy (non-hydrogen) atoms. The lowest BCUT2D eigenvalue weighted by Crippen LogP contribution is -2.36. The van der Waals surface area contributed by atoms with Crippen molar-refractivity contribution in [2.75, 3.05) is 6.61 Å². The number of aliphatic hydroxyl groups is 1. The van der Waals surface area contributed by atoms with Gasteiger partial charge in [-0.15, -0.1) is 12.8 Å². The van der Waals surface area contributed by atoms with Gasteiger partial charge < -0.3 is 14.8 Å². The minimum absolute atomic E-state index is 0.444. The molecule has 0 unspecified atom stereocenters. The molecule has 0 amide bonds. The van der Waals surface area contributed by atoms with Gasteiger partial charge in [-0.1, -0.05) is 119 Å². The average Bonchev–Trinajstić information content (AvgIpc) is 3.50. The van der Waals surface area contributed by atoms with E-state index in [-0.39, 0.29) is 0 Å². The fourth-order valence-corrected chi connectivity index (χ4v) is 3.44. The van der Waals surface area contributed by atoms with Gasteiger partial charge >= 0.3 is 5.97 Å². The zero-order valence-electron chi connectivity index (χ0n) is 21.0. The van der Waals surface area contributed by atoms with E-state index in [0.29, 0.717) is 0 Å². The number of aromatic nitrogens is 2. The Morgan fingerprint density at radius 3 is 1.31 bits per heavy atom. The Hall–Kier alpha value is -4.14. The minimum Gasteiger partial charge on any atom is -0.480 e. The van der Waals surface area contributed by atoms with Crippen molar-refractivity contribution in [2.45, 2.75) is 33.2 Å². The zero-order chi connectivity index (χ0) is 26.5. The van der Waals surface area contributed by atoms with E-state index in [1.807, 2.05) is 46.4 Å². The number of carboxylic acids is 1. The van der Waals surface area contributed by atoms with Gasteiger partial charge in [-0.3, -0.25) is 0 Å². The Morgan fingerprint density at radius 1 is 0.771 bits per heavy atom. The molecule has 2 N–H and O–H groups in total. The number of rotatable bonds is 5. The van der Waals surface area contributed by atoms with Crippen LogP contribution < -0.4 is 0 Å². The Bertz CT molecular complexity index is 949. The summed E-state index contributed by atoms with van der Waals surface area (Å²) >= 11 is 0. The van der Waals surface area contributed by atoms with Crippen LogP contribution in [0.3, 0.4) is 0 Å². The predicted octanol–water partition coefficient (Wildman–Crippen LogP) is 6.09. The number of hydrogen-bond acceptors (Lipinski definition) is 3. The summed E-state index contributed by atoms with van der Waals surface area (Å²) in [5.74, 6) is -1.19. The third-order valence-electron chi connectivity index (χ3n) is 4.60. The molecule has 5 nitrogen and oxygen atoms in total. The van der Waals surface area contributed by atoms with Crippen molar-refractivity contribution >= 4 is 5.97 Å². The van der Waals surface area contributed by atoms with Crippen LogP contribution in [-0.2, 0) is 10.3 Å². The number of benzene rings is 3. The van der Waals surface area contributed by atoms with Crippen LogP contribution in [0.4, 0.5) is 0 Å². The summed E-state index contributed by atoms with van der Waals surface area (Å²) in [5.41, 5.74) is 3.18. The summed E-state index contributed by atoms with van der Waals surface area (Å²) < 4.78 is 2.19. The smallest absolute Gasteiger partial charge is 0.329 e. The van der Waals surface area contributed by atoms with Crippen LogP contribution in [0.15, 0.2) is 110 Å². The Balaban J connectivity index is 0.000000911. The number of aliphatic hydroxyl groups excluding tert-OH is 1. The second-order valence-corrected chi connectivity index (χ2v) is 6.33. The van der Waals surface area contributed by atoms with Crippen molar-refractivity contribution in [3.63, 3.8) is 0 Å². The number of aliphatic carboxylic acids is 1. The molecule has 5 heteroatoms. The largest absolute Gasteiger partial charge is 0.480 e. The number of imidazole rings is 1. The number of hydrogen-bond donors (Lipinski definition) is 2. The van der Waals surface area contributed by atoms with Crippen LogP contribution in [0.2, 0.25) is 0 Å². The number of carbonyl (C=O) groups is 1. The minimum atomic E-state index is -1.19. The first-order valence-electron chi connectivity index (χ1n) is 11.5. The maximum Gasteiger partial charge on any atom is 0.329 e. The van der Waals surface area contributed by atoms with Crippen LogP contribution in [0.25, 0.3) is 0 Å². The predicted molar refractivity (Wildman–Crippen MR) is 144 cm³/mol. The molecule has 4 aromatic rings. The number of carboxylic acid groups (broad SMARTS) is 1. The van der Waals surface area contributed by atoms with E-state index in [1.54, 1.807) is 0 Å². The molecule has 0 aliphatic rings. The first-order chi connectivity index (χ1) is 17.2. The van der Waals surface area contributed by atoms with Gasteiger partial charge in [-0.25, -0.2) is 9.78 Å². The lowest BCUT2D eigenvalue weighted by Gasteiger charge is -2.37. The summed E-state index contributed by atoms with van der Waals surface area (Å²) in [6.45, 7) is 7.22. The maximum atomic E-state index is 9.12. The van der Waals surface area contributed by atoms with Crippen LogP contribution in [0.5, 0.6) is 0 Å². The van der Waals surface area contributed by atoms with Crippen molar-refractivity contribution in [3.8, 4) is 12.8 Å². The molecule has 0 aliphatic carbocycles. The lowest BCUT2D eigenvalue weighted by molar-refractivity contribution is -0.140. The normalized spacial score (nSPS) is 9.23. The summed E-state index contributed by atoms with van der Waals surface area (Å²) in [6.07, 6.45) is 13.8. The van der Waals surface area contributed by atoms with Crippen molar-refractivity contribution in [2.24, 2.45) is 0 Å². The monoisotopic (exact) mass is 472 g/mol. The van der Waals surface area contributed by atoms with Crippen molar-refractivity contribution in [3.05, 3.63) is 126 Å². The zero-order valence-corrected chi connectivity index (χ0v) is 21.0. The summed E-state index contributed by atoms with van der Waals surface area (Å²) in [4.78, 5) is 13.4. The average molecular weight is 473 g/mol. The highest BCUT2D eigenvalue weighted by Gasteiger charge is 2.37. The van der Waals surface area contributed by atoms with Crippen LogP contribution in [-0.4, -0.2) is 32.3 Å². The first-order valence-corrected chi connectivity index (χ1v) is 11.5. The second-order valence-electron chi connectivity index (χ2n) is 6.33. The van der Waals surface area contributed by atoms with E-state index in [1.165, 1.54) is 16.7 Å². The molecule has 0 radical (unpaired) electrons. The van der Waals surface area contributed by atoms with E-state index in [2.05, 4.69) is 113 Å². The quantitative estimate of drug-likeness (QED) is 0.272. The maximum absolute atomic E-state index is 9.12. The Kier molecular flexibility index (Phi) is 16.1. The van der Waals surface area contributed by atoms with E-state index in [4.69, 9.17) is 15.0 Å². The molecule has 4 rings (SSSR count). The molecule has 0 aliphatic heterocycles. The second kappa shape index (κ2) is 18.3. The third kappa shape index (κ3) is 8.29. The van der Waals surface area contributed by atoms with E-state index < -0.39 is 18.1 Å². The molecule has 0 fully saturated rings. The fraction of sp³-hybridized carbons (Fsp3) is 0.200. The molecule has 0 spiro atoms. The molecule has 0 saturated carbocycles. The van der Waals surface area contributed by atoms with E-state index >= 15 is 0 Å². The highest BCUT2D eigenvalue weighted by atomic mass is 16.4. The van der Waals surface area contributed by atoms with Gasteiger partial charge in [0.25, 0.3) is 0 Å². The fourth-order valence-electron chi connectivity index (χ4n) is 3.44. The summed E-state index contributed by atoms with van der Waals surface area (Å²) in [6, 6.07) is 31.8. The molecule has 184 valence electrons. The number of nitrogens with zero attached hydrogens (tertiary/aromatic N) is 2. The summed E-state index contributed by atoms with van der Waals surface area (Å²) in [5, 5.41) is 15.0. The van der Waals surface area contributed by atoms with Crippen molar-refractivity contribution < 1.29 is 15.0 Å². The number of terminal acetylenes is 1. The van der Waals surface area contributed by atoms with Gasteiger partial charge in [-0.05, 0) is 16.7 Å². The lowest BCUT2D eigenvalue weighted by atomic mass is 9.77. The molecule has 1 aromatic heterocycles. The van der Waals surface area contributed by atoms with Gasteiger partial charge in [0.15, 0.2) is 0 Å². The Labute approximate surface area is 209 Å². The molecular weight excluding hydrogens is 436 g/mol. The van der Waals surface area contributed by atoms with Crippen molar-refractivity contribution in [1.82, 2.24) is 9.55 Å². The standard InChI is InChI=1S/C22H18N2.C2H4O3.2C2H6.C2H2/c1-4-10-19(11-5-1)22(24-17-16-23-18-24,20-12-6-2-7-13-20)21-14-8-3-9-15-21;3-1-2(4)5;3*1-2/h1-18H;3H,1H2,(H,4,5);2*1-2H3;1-2H. The molecule has 3 aromatic carbocycles. The van der Waals surface area contributed by atoms with Crippen LogP contribution >= 0.6 is 0 Å². The van der Waals surface area contributed by atoms with Gasteiger partial charge in [0.05, 0.1) is 6.33 Å². The first kappa shape index (κ1) is 30.9. The molecular formula is C30H36N2O3. The third-order valence-corrected chi connectivity index (χ3v) is 4.60. The van der Waals surface area contributed by atoms with E-state index in [9.17, 15) is 0 Å². The van der Waals surface area contributed by atoms with Crippen LogP contribution in [0, 0.1) is 12.8 Å². The topological polar surface area (TPSA) is 75.3 Å². The molecule has 0 atom stereocenters. The van der Waals surface area contributed by atoms with Crippen LogP contribution in [0.1, 0.15) is 44.4 Å². The van der Waals surface area contributed by atoms with Gasteiger partial charge in [0.1, 0.15) is 12.1 Å². The molecule has 1 heterocycles. The van der Waals surface area contributed by atoms with E-state index in [0.717, 1.165) is 0 Å².